The van der Waals surface area contributed by atoms with E-state index in [9.17, 15) is 0 Å². The van der Waals surface area contributed by atoms with Crippen molar-refractivity contribution >= 4 is 0 Å². The van der Waals surface area contributed by atoms with Gasteiger partial charge in [0.1, 0.15) is 5.75 Å². The van der Waals surface area contributed by atoms with Crippen LogP contribution >= 0.6 is 0 Å². The standard InChI is InChI=1S/C28H38N4O/c1-19(2)25-17-26(20(3)4)32(30-25)23-13-14-27(33-5)22(16-23)18-31-15-9-12-24(29)28(31)21-10-7-6-8-11-21/h6-8,10-11,13-14,16-17,19-20,24,28H,9,12,15,18,29H2,1-5H3. The molecule has 0 aliphatic carbocycles. The van der Waals surface area contributed by atoms with Gasteiger partial charge < -0.3 is 10.5 Å². The normalized spacial score (nSPS) is 19.4. The summed E-state index contributed by atoms with van der Waals surface area (Å²) in [5.41, 5.74) is 12.5. The van der Waals surface area contributed by atoms with Gasteiger partial charge in [0, 0.05) is 23.8 Å². The van der Waals surface area contributed by atoms with Crippen molar-refractivity contribution in [3.8, 4) is 11.4 Å². The summed E-state index contributed by atoms with van der Waals surface area (Å²) < 4.78 is 7.89. The van der Waals surface area contributed by atoms with Crippen LogP contribution in [-0.4, -0.2) is 34.4 Å². The Balaban J connectivity index is 1.71. The second kappa shape index (κ2) is 10.1. The first-order valence-corrected chi connectivity index (χ1v) is 12.2. The Morgan fingerprint density at radius 3 is 2.45 bits per heavy atom. The molecular weight excluding hydrogens is 408 g/mol. The molecule has 176 valence electrons. The molecule has 1 saturated heterocycles. The first kappa shape index (κ1) is 23.5. The van der Waals surface area contributed by atoms with Crippen LogP contribution in [0.4, 0.5) is 0 Å². The quantitative estimate of drug-likeness (QED) is 0.499. The summed E-state index contributed by atoms with van der Waals surface area (Å²) in [7, 11) is 1.75. The summed E-state index contributed by atoms with van der Waals surface area (Å²) in [5.74, 6) is 1.69. The lowest BCUT2D eigenvalue weighted by Gasteiger charge is -2.40. The van der Waals surface area contributed by atoms with Gasteiger partial charge in [-0.15, -0.1) is 0 Å². The summed E-state index contributed by atoms with van der Waals surface area (Å²) in [5, 5.41) is 4.96. The van der Waals surface area contributed by atoms with Crippen LogP contribution in [0.2, 0.25) is 0 Å². The number of likely N-dealkylation sites (tertiary alicyclic amines) is 1. The fraction of sp³-hybridized carbons (Fsp3) is 0.464. The summed E-state index contributed by atoms with van der Waals surface area (Å²) >= 11 is 0. The number of hydrogen-bond acceptors (Lipinski definition) is 4. The number of piperidine rings is 1. The lowest BCUT2D eigenvalue weighted by atomic mass is 9.90. The van der Waals surface area contributed by atoms with E-state index in [4.69, 9.17) is 15.6 Å². The Bertz CT molecular complexity index is 1060. The minimum atomic E-state index is 0.127. The third-order valence-electron chi connectivity index (χ3n) is 6.74. The molecule has 2 aromatic carbocycles. The van der Waals surface area contributed by atoms with Crippen LogP contribution in [0.3, 0.4) is 0 Å². The Morgan fingerprint density at radius 1 is 1.03 bits per heavy atom. The molecule has 4 rings (SSSR count). The van der Waals surface area contributed by atoms with Crippen LogP contribution in [0, 0.1) is 0 Å². The fourth-order valence-electron chi connectivity index (χ4n) is 4.94. The van der Waals surface area contributed by atoms with Gasteiger partial charge >= 0.3 is 0 Å². The zero-order chi connectivity index (χ0) is 23.5. The molecule has 0 bridgehead atoms. The van der Waals surface area contributed by atoms with Crippen molar-refractivity contribution in [2.75, 3.05) is 13.7 Å². The SMILES string of the molecule is COc1ccc(-n2nc(C(C)C)cc2C(C)C)cc1CN1CCCC(N)C1c1ccccc1. The van der Waals surface area contributed by atoms with Crippen molar-refractivity contribution < 1.29 is 4.74 Å². The Morgan fingerprint density at radius 2 is 1.79 bits per heavy atom. The number of nitrogens with zero attached hydrogens (tertiary/aromatic N) is 3. The largest absolute Gasteiger partial charge is 0.496 e. The highest BCUT2D eigenvalue weighted by molar-refractivity contribution is 5.45. The van der Waals surface area contributed by atoms with Crippen molar-refractivity contribution in [1.82, 2.24) is 14.7 Å². The van der Waals surface area contributed by atoms with Gasteiger partial charge in [0.2, 0.25) is 0 Å². The number of benzene rings is 2. The van der Waals surface area contributed by atoms with E-state index in [2.05, 4.69) is 91.9 Å². The zero-order valence-corrected chi connectivity index (χ0v) is 20.7. The summed E-state index contributed by atoms with van der Waals surface area (Å²) in [6.45, 7) is 10.7. The maximum Gasteiger partial charge on any atom is 0.123 e. The van der Waals surface area contributed by atoms with Gasteiger partial charge in [0.15, 0.2) is 0 Å². The zero-order valence-electron chi connectivity index (χ0n) is 20.7. The molecule has 3 aromatic rings. The number of aromatic nitrogens is 2. The molecule has 5 nitrogen and oxygen atoms in total. The second-order valence-corrected chi connectivity index (χ2v) is 9.84. The number of nitrogens with two attached hydrogens (primary N) is 1. The average molecular weight is 447 g/mol. The van der Waals surface area contributed by atoms with Crippen LogP contribution in [0.5, 0.6) is 5.75 Å². The first-order chi connectivity index (χ1) is 15.9. The highest BCUT2D eigenvalue weighted by Crippen LogP contribution is 2.34. The topological polar surface area (TPSA) is 56.3 Å². The molecule has 0 radical (unpaired) electrons. The molecule has 0 spiro atoms. The molecule has 2 heterocycles. The second-order valence-electron chi connectivity index (χ2n) is 9.84. The lowest BCUT2D eigenvalue weighted by molar-refractivity contribution is 0.119. The summed E-state index contributed by atoms with van der Waals surface area (Å²) in [4.78, 5) is 2.51. The first-order valence-electron chi connectivity index (χ1n) is 12.2. The van der Waals surface area contributed by atoms with Crippen molar-refractivity contribution in [2.45, 2.75) is 71.0 Å². The third kappa shape index (κ3) is 4.99. The van der Waals surface area contributed by atoms with Gasteiger partial charge in [-0.25, -0.2) is 4.68 Å². The molecule has 1 aliphatic rings. The number of hydrogen-bond donors (Lipinski definition) is 1. The van der Waals surface area contributed by atoms with Crippen LogP contribution in [0.25, 0.3) is 5.69 Å². The third-order valence-corrected chi connectivity index (χ3v) is 6.74. The van der Waals surface area contributed by atoms with E-state index in [0.717, 1.165) is 43.1 Å². The minimum absolute atomic E-state index is 0.127. The van der Waals surface area contributed by atoms with E-state index >= 15 is 0 Å². The van der Waals surface area contributed by atoms with Crippen LogP contribution in [0.1, 0.15) is 80.9 Å². The predicted octanol–water partition coefficient (Wildman–Crippen LogP) is 5.79. The summed E-state index contributed by atoms with van der Waals surface area (Å²) in [6, 6.07) is 19.7. The van der Waals surface area contributed by atoms with Crippen molar-refractivity contribution in [1.29, 1.82) is 0 Å². The molecule has 33 heavy (non-hydrogen) atoms. The fourth-order valence-corrected chi connectivity index (χ4v) is 4.94. The highest BCUT2D eigenvalue weighted by atomic mass is 16.5. The maximum absolute atomic E-state index is 6.64. The van der Waals surface area contributed by atoms with Gasteiger partial charge in [0.25, 0.3) is 0 Å². The molecule has 2 unspecified atom stereocenters. The summed E-state index contributed by atoms with van der Waals surface area (Å²) in [6.07, 6.45) is 2.16. The van der Waals surface area contributed by atoms with Gasteiger partial charge in [-0.05, 0) is 61.1 Å². The van der Waals surface area contributed by atoms with Crippen molar-refractivity contribution in [3.63, 3.8) is 0 Å². The van der Waals surface area contributed by atoms with Gasteiger partial charge in [0.05, 0.1) is 24.5 Å². The number of methoxy groups -OCH3 is 1. The van der Waals surface area contributed by atoms with E-state index in [1.807, 2.05) is 0 Å². The van der Waals surface area contributed by atoms with Gasteiger partial charge in [-0.2, -0.15) is 5.10 Å². The average Bonchev–Trinajstić information content (AvgIpc) is 3.26. The van der Waals surface area contributed by atoms with Crippen LogP contribution in [-0.2, 0) is 6.54 Å². The Labute approximate surface area is 198 Å². The molecule has 0 amide bonds. The monoisotopic (exact) mass is 446 g/mol. The van der Waals surface area contributed by atoms with Gasteiger partial charge in [-0.1, -0.05) is 58.0 Å². The van der Waals surface area contributed by atoms with Crippen molar-refractivity contribution in [2.24, 2.45) is 5.73 Å². The predicted molar refractivity (Wildman–Crippen MR) is 135 cm³/mol. The van der Waals surface area contributed by atoms with Crippen LogP contribution in [0.15, 0.2) is 54.6 Å². The van der Waals surface area contributed by atoms with E-state index in [1.54, 1.807) is 7.11 Å². The van der Waals surface area contributed by atoms with E-state index in [1.165, 1.54) is 16.8 Å². The number of ether oxygens (including phenoxy) is 1. The van der Waals surface area contributed by atoms with Crippen LogP contribution < -0.4 is 10.5 Å². The molecule has 1 fully saturated rings. The smallest absolute Gasteiger partial charge is 0.123 e. The molecule has 5 heteroatoms. The molecule has 1 aromatic heterocycles. The Hall–Kier alpha value is -2.63. The highest BCUT2D eigenvalue weighted by Gasteiger charge is 2.31. The molecule has 2 N–H and O–H groups in total. The van der Waals surface area contributed by atoms with E-state index < -0.39 is 0 Å². The van der Waals surface area contributed by atoms with E-state index in [-0.39, 0.29) is 12.1 Å². The van der Waals surface area contributed by atoms with Crippen molar-refractivity contribution in [3.05, 3.63) is 77.1 Å². The Kier molecular flexibility index (Phi) is 7.20. The lowest BCUT2D eigenvalue weighted by Crippen LogP contribution is -2.45. The molecule has 1 aliphatic heterocycles. The number of rotatable bonds is 7. The molecular formula is C28H38N4O. The maximum atomic E-state index is 6.64. The van der Waals surface area contributed by atoms with Gasteiger partial charge in [-0.3, -0.25) is 4.90 Å². The molecule has 2 atom stereocenters. The minimum Gasteiger partial charge on any atom is -0.496 e. The molecule has 0 saturated carbocycles. The van der Waals surface area contributed by atoms with E-state index in [0.29, 0.717) is 11.8 Å².